The minimum atomic E-state index is -0.636. The highest BCUT2D eigenvalue weighted by Crippen LogP contribution is 2.32. The number of carbonyl (C=O) groups excluding carboxylic acids is 1. The van der Waals surface area contributed by atoms with Crippen molar-refractivity contribution in [3.05, 3.63) is 42.6 Å². The lowest BCUT2D eigenvalue weighted by Gasteiger charge is -2.38. The molecule has 3 aromatic rings. The molecule has 0 aromatic carbocycles. The Morgan fingerprint density at radius 3 is 2.55 bits per heavy atom. The molecule has 0 amide bonds. The Balaban J connectivity index is 1.21. The quantitative estimate of drug-likeness (QED) is 0.609. The van der Waals surface area contributed by atoms with Gasteiger partial charge in [-0.25, -0.2) is 4.39 Å². The van der Waals surface area contributed by atoms with Crippen molar-refractivity contribution in [2.45, 2.75) is 38.3 Å². The van der Waals surface area contributed by atoms with Crippen LogP contribution in [-0.4, -0.2) is 56.2 Å². The third-order valence-electron chi connectivity index (χ3n) is 6.75. The van der Waals surface area contributed by atoms with Gasteiger partial charge in [-0.3, -0.25) is 24.3 Å². The molecule has 5 rings (SSSR count). The molecule has 0 unspecified atom stereocenters. The van der Waals surface area contributed by atoms with Crippen molar-refractivity contribution in [3.63, 3.8) is 0 Å². The van der Waals surface area contributed by atoms with E-state index in [-0.39, 0.29) is 5.92 Å². The smallest absolute Gasteiger partial charge is 0.141 e. The first kappa shape index (κ1) is 20.2. The summed E-state index contributed by atoms with van der Waals surface area (Å²) < 4.78 is 14.8. The van der Waals surface area contributed by atoms with E-state index in [1.807, 2.05) is 31.6 Å². The second-order valence-corrected chi connectivity index (χ2v) is 9.17. The third kappa shape index (κ3) is 4.51. The molecule has 6 nitrogen and oxygen atoms in total. The number of aromatic nitrogens is 4. The normalized spacial score (nSPS) is 22.5. The number of likely N-dealkylation sites (tertiary alicyclic amines) is 1. The third-order valence-corrected chi connectivity index (χ3v) is 6.75. The summed E-state index contributed by atoms with van der Waals surface area (Å²) in [6.07, 6.45) is 11.1. The van der Waals surface area contributed by atoms with Crippen LogP contribution < -0.4 is 0 Å². The van der Waals surface area contributed by atoms with Crippen LogP contribution in [0.3, 0.4) is 0 Å². The summed E-state index contributed by atoms with van der Waals surface area (Å²) in [4.78, 5) is 24.1. The van der Waals surface area contributed by atoms with Gasteiger partial charge in [0, 0.05) is 74.3 Å². The van der Waals surface area contributed by atoms with E-state index in [4.69, 9.17) is 0 Å². The summed E-state index contributed by atoms with van der Waals surface area (Å²) in [6.45, 7) is 2.16. The number of hydrogen-bond acceptors (Lipinski definition) is 5. The van der Waals surface area contributed by atoms with Gasteiger partial charge in [0.05, 0.1) is 11.9 Å². The Kier molecular flexibility index (Phi) is 5.52. The zero-order valence-corrected chi connectivity index (χ0v) is 17.9. The summed E-state index contributed by atoms with van der Waals surface area (Å²) >= 11 is 0. The summed E-state index contributed by atoms with van der Waals surface area (Å²) in [6, 6.07) is 4.04. The topological polar surface area (TPSA) is 63.9 Å². The van der Waals surface area contributed by atoms with Crippen LogP contribution in [0.15, 0.2) is 36.9 Å². The lowest BCUT2D eigenvalue weighted by atomic mass is 9.78. The molecule has 0 atom stereocenters. The SMILES string of the molecule is Cn1cc(-c2cc3cc(CC(=O)C4CCC(CN5CC(F)C5)CC4)ncc3cn2)cn1. The molecule has 3 aromatic heterocycles. The van der Waals surface area contributed by atoms with Gasteiger partial charge in [0.15, 0.2) is 0 Å². The van der Waals surface area contributed by atoms with Gasteiger partial charge in [0.2, 0.25) is 0 Å². The van der Waals surface area contributed by atoms with E-state index in [9.17, 15) is 9.18 Å². The summed E-state index contributed by atoms with van der Waals surface area (Å²) in [5.74, 6) is 1.02. The number of pyridine rings is 2. The zero-order chi connectivity index (χ0) is 21.4. The van der Waals surface area contributed by atoms with Gasteiger partial charge in [-0.15, -0.1) is 0 Å². The molecule has 0 spiro atoms. The molecule has 1 aliphatic heterocycles. The molecule has 7 heteroatoms. The van der Waals surface area contributed by atoms with Gasteiger partial charge in [0.25, 0.3) is 0 Å². The van der Waals surface area contributed by atoms with Crippen molar-refractivity contribution in [1.29, 1.82) is 0 Å². The standard InChI is InChI=1S/C24H28FN5O/c1-29-13-20(11-28-29)23-7-18-6-22(26-9-19(18)10-27-23)8-24(31)17-4-2-16(3-5-17)12-30-14-21(25)15-30/h6-7,9-11,13,16-17,21H,2-5,8,12,14-15H2,1H3. The van der Waals surface area contributed by atoms with Crippen LogP contribution in [0.4, 0.5) is 4.39 Å². The number of ketones is 1. The van der Waals surface area contributed by atoms with E-state index in [1.54, 1.807) is 17.1 Å². The largest absolute Gasteiger partial charge is 0.299 e. The van der Waals surface area contributed by atoms with Crippen molar-refractivity contribution in [2.24, 2.45) is 18.9 Å². The van der Waals surface area contributed by atoms with Gasteiger partial charge < -0.3 is 0 Å². The molecule has 2 aliphatic rings. The first-order chi connectivity index (χ1) is 15.0. The highest BCUT2D eigenvalue weighted by Gasteiger charge is 2.31. The van der Waals surface area contributed by atoms with Crippen molar-refractivity contribution in [1.82, 2.24) is 24.6 Å². The van der Waals surface area contributed by atoms with Crippen LogP contribution in [0.1, 0.15) is 31.4 Å². The fourth-order valence-corrected chi connectivity index (χ4v) is 4.90. The monoisotopic (exact) mass is 421 g/mol. The highest BCUT2D eigenvalue weighted by molar-refractivity contribution is 5.87. The maximum Gasteiger partial charge on any atom is 0.141 e. The first-order valence-electron chi connectivity index (χ1n) is 11.2. The van der Waals surface area contributed by atoms with Gasteiger partial charge >= 0.3 is 0 Å². The predicted octanol–water partition coefficient (Wildman–Crippen LogP) is 3.60. The van der Waals surface area contributed by atoms with Crippen LogP contribution in [-0.2, 0) is 18.3 Å². The lowest BCUT2D eigenvalue weighted by molar-refractivity contribution is -0.123. The van der Waals surface area contributed by atoms with E-state index in [0.717, 1.165) is 60.0 Å². The number of alkyl halides is 1. The molecule has 0 radical (unpaired) electrons. The molecule has 1 saturated heterocycles. The molecule has 162 valence electrons. The van der Waals surface area contributed by atoms with Gasteiger partial charge in [-0.2, -0.15) is 5.10 Å². The predicted molar refractivity (Wildman–Crippen MR) is 117 cm³/mol. The number of hydrogen-bond donors (Lipinski definition) is 0. The second kappa shape index (κ2) is 8.46. The first-order valence-corrected chi connectivity index (χ1v) is 11.2. The maximum atomic E-state index is 13.0. The van der Waals surface area contributed by atoms with E-state index >= 15 is 0 Å². The molecule has 0 N–H and O–H groups in total. The molecule has 4 heterocycles. The van der Waals surface area contributed by atoms with E-state index in [1.165, 1.54) is 0 Å². The number of carbonyl (C=O) groups is 1. The average Bonchev–Trinajstić information content (AvgIpc) is 3.19. The molecule has 1 aliphatic carbocycles. The maximum absolute atomic E-state index is 13.0. The summed E-state index contributed by atoms with van der Waals surface area (Å²) in [7, 11) is 1.88. The Hall–Kier alpha value is -2.67. The zero-order valence-electron chi connectivity index (χ0n) is 17.9. The minimum Gasteiger partial charge on any atom is -0.299 e. The van der Waals surface area contributed by atoms with E-state index in [0.29, 0.717) is 31.2 Å². The van der Waals surface area contributed by atoms with Crippen LogP contribution in [0.25, 0.3) is 22.0 Å². The van der Waals surface area contributed by atoms with E-state index < -0.39 is 6.17 Å². The van der Waals surface area contributed by atoms with Gasteiger partial charge in [-0.1, -0.05) is 0 Å². The fraction of sp³-hybridized carbons (Fsp3) is 0.500. The van der Waals surface area contributed by atoms with Crippen molar-refractivity contribution in [2.75, 3.05) is 19.6 Å². The summed E-state index contributed by atoms with van der Waals surface area (Å²) in [5.41, 5.74) is 2.65. The summed E-state index contributed by atoms with van der Waals surface area (Å²) in [5, 5.41) is 6.22. The lowest BCUT2D eigenvalue weighted by Crippen LogP contribution is -2.50. The van der Waals surface area contributed by atoms with Gasteiger partial charge in [0.1, 0.15) is 12.0 Å². The van der Waals surface area contributed by atoms with Crippen molar-refractivity contribution >= 4 is 16.6 Å². The van der Waals surface area contributed by atoms with Crippen molar-refractivity contribution < 1.29 is 9.18 Å². The van der Waals surface area contributed by atoms with Crippen LogP contribution in [0.2, 0.25) is 0 Å². The Bertz CT molecular complexity index is 1080. The Morgan fingerprint density at radius 2 is 1.84 bits per heavy atom. The molecule has 31 heavy (non-hydrogen) atoms. The average molecular weight is 422 g/mol. The number of nitrogens with zero attached hydrogens (tertiary/aromatic N) is 5. The molecular formula is C24H28FN5O. The highest BCUT2D eigenvalue weighted by atomic mass is 19.1. The second-order valence-electron chi connectivity index (χ2n) is 9.17. The van der Waals surface area contributed by atoms with Crippen LogP contribution in [0, 0.1) is 11.8 Å². The van der Waals surface area contributed by atoms with Crippen molar-refractivity contribution in [3.8, 4) is 11.3 Å². The van der Waals surface area contributed by atoms with Gasteiger partial charge in [-0.05, 0) is 49.1 Å². The number of aryl methyl sites for hydroxylation is 1. The minimum absolute atomic E-state index is 0.127. The molecular weight excluding hydrogens is 393 g/mol. The van der Waals surface area contributed by atoms with E-state index in [2.05, 4.69) is 20.0 Å². The Morgan fingerprint density at radius 1 is 1.06 bits per heavy atom. The molecule has 2 fully saturated rings. The Labute approximate surface area is 181 Å². The molecule has 1 saturated carbocycles. The van der Waals surface area contributed by atoms with Crippen LogP contribution in [0.5, 0.6) is 0 Å². The molecule has 0 bridgehead atoms. The number of rotatable bonds is 6. The van der Waals surface area contributed by atoms with Crippen LogP contribution >= 0.6 is 0 Å². The number of fused-ring (bicyclic) bond motifs is 1. The fourth-order valence-electron chi connectivity index (χ4n) is 4.90. The number of halogens is 1. The number of Topliss-reactive ketones (excluding diaryl/α,β-unsaturated/α-hetero) is 1.